The highest BCUT2D eigenvalue weighted by Crippen LogP contribution is 2.25. The molecule has 7 heteroatoms. The minimum Gasteiger partial charge on any atom is -0.346 e. The summed E-state index contributed by atoms with van der Waals surface area (Å²) in [5.74, 6) is 0.388. The molecule has 4 heterocycles. The normalized spacial score (nSPS) is 19.0. The fourth-order valence-electron chi connectivity index (χ4n) is 3.21. The van der Waals surface area contributed by atoms with Crippen molar-refractivity contribution in [3.63, 3.8) is 0 Å². The predicted octanol–water partition coefficient (Wildman–Crippen LogP) is 1.57. The maximum Gasteiger partial charge on any atom is 0.141 e. The van der Waals surface area contributed by atoms with Gasteiger partial charge in [0.05, 0.1) is 30.4 Å². The van der Waals surface area contributed by atoms with Gasteiger partial charge in [-0.25, -0.2) is 9.97 Å². The number of aromatic nitrogens is 5. The summed E-state index contributed by atoms with van der Waals surface area (Å²) in [6, 6.07) is 4.40. The van der Waals surface area contributed by atoms with Crippen molar-refractivity contribution in [1.29, 1.82) is 5.26 Å². The molecule has 1 saturated heterocycles. The summed E-state index contributed by atoms with van der Waals surface area (Å²) in [7, 11) is 0. The molecular weight excluding hydrogens is 290 g/mol. The van der Waals surface area contributed by atoms with Crippen molar-refractivity contribution in [2.45, 2.75) is 13.0 Å². The monoisotopic (exact) mass is 307 g/mol. The number of hydrogen-bond donors (Lipinski definition) is 2. The topological polar surface area (TPSA) is 95.2 Å². The Balaban J connectivity index is 1.59. The Morgan fingerprint density at radius 2 is 2.39 bits per heavy atom. The molecule has 1 fully saturated rings. The van der Waals surface area contributed by atoms with Crippen LogP contribution in [0.4, 0.5) is 0 Å². The molecule has 1 aliphatic rings. The number of hydrogen-bond acceptors (Lipinski definition) is 5. The Kier molecular flexibility index (Phi) is 3.52. The second kappa shape index (κ2) is 5.82. The van der Waals surface area contributed by atoms with Crippen molar-refractivity contribution in [3.8, 4) is 17.3 Å². The summed E-state index contributed by atoms with van der Waals surface area (Å²) >= 11 is 0. The quantitative estimate of drug-likeness (QED) is 0.763. The van der Waals surface area contributed by atoms with Gasteiger partial charge in [0, 0.05) is 23.3 Å². The van der Waals surface area contributed by atoms with Gasteiger partial charge in [-0.3, -0.25) is 4.68 Å². The zero-order chi connectivity index (χ0) is 15.6. The van der Waals surface area contributed by atoms with Gasteiger partial charge in [0.1, 0.15) is 12.0 Å². The smallest absolute Gasteiger partial charge is 0.141 e. The summed E-state index contributed by atoms with van der Waals surface area (Å²) in [6.45, 7) is 2.53. The van der Waals surface area contributed by atoms with Crippen molar-refractivity contribution in [2.24, 2.45) is 11.8 Å². The van der Waals surface area contributed by atoms with Crippen LogP contribution in [0.3, 0.4) is 0 Å². The van der Waals surface area contributed by atoms with E-state index in [1.54, 1.807) is 12.5 Å². The maximum atomic E-state index is 9.44. The van der Waals surface area contributed by atoms with Gasteiger partial charge in [-0.1, -0.05) is 0 Å². The molecule has 0 aromatic carbocycles. The molecule has 1 aliphatic heterocycles. The third-order valence-corrected chi connectivity index (χ3v) is 4.48. The lowest BCUT2D eigenvalue weighted by Crippen LogP contribution is -2.21. The molecule has 2 N–H and O–H groups in total. The molecule has 7 nitrogen and oxygen atoms in total. The van der Waals surface area contributed by atoms with Gasteiger partial charge >= 0.3 is 0 Å². The van der Waals surface area contributed by atoms with E-state index in [2.05, 4.69) is 31.4 Å². The molecule has 2 unspecified atom stereocenters. The molecule has 0 amide bonds. The highest BCUT2D eigenvalue weighted by atomic mass is 15.3. The predicted molar refractivity (Wildman–Crippen MR) is 85.2 cm³/mol. The molecule has 3 aromatic rings. The van der Waals surface area contributed by atoms with E-state index < -0.39 is 0 Å². The number of aromatic amines is 1. The van der Waals surface area contributed by atoms with Crippen LogP contribution >= 0.6 is 0 Å². The van der Waals surface area contributed by atoms with Crippen molar-refractivity contribution in [1.82, 2.24) is 30.0 Å². The van der Waals surface area contributed by atoms with Crippen LogP contribution in [-0.2, 0) is 6.54 Å². The number of H-pyrrole nitrogens is 1. The van der Waals surface area contributed by atoms with E-state index in [9.17, 15) is 5.26 Å². The average molecular weight is 307 g/mol. The zero-order valence-electron chi connectivity index (χ0n) is 12.6. The minimum atomic E-state index is -0.0181. The first kappa shape index (κ1) is 13.9. The fourth-order valence-corrected chi connectivity index (χ4v) is 3.21. The molecular formula is C16H17N7. The second-order valence-electron chi connectivity index (χ2n) is 5.90. The molecule has 0 spiro atoms. The fraction of sp³-hybridized carbons (Fsp3) is 0.375. The molecule has 0 radical (unpaired) electrons. The lowest BCUT2D eigenvalue weighted by molar-refractivity contribution is 0.371. The summed E-state index contributed by atoms with van der Waals surface area (Å²) in [5, 5.41) is 18.2. The first-order chi connectivity index (χ1) is 11.3. The largest absolute Gasteiger partial charge is 0.346 e. The highest BCUT2D eigenvalue weighted by Gasteiger charge is 2.25. The standard InChI is InChI=1S/C16H17N7/c17-5-12(11-1-3-18-6-11)8-23-9-13(7-22-23)15-14-2-4-19-16(14)21-10-20-15/h2,4,7,9-12,18H,1,3,6,8H2,(H,19,20,21). The first-order valence-electron chi connectivity index (χ1n) is 7.76. The molecule has 3 aromatic heterocycles. The van der Waals surface area contributed by atoms with Gasteiger partial charge in [-0.05, 0) is 31.5 Å². The molecule has 116 valence electrons. The van der Waals surface area contributed by atoms with Crippen molar-refractivity contribution >= 4 is 11.0 Å². The highest BCUT2D eigenvalue weighted by molar-refractivity contribution is 5.89. The van der Waals surface area contributed by atoms with Gasteiger partial charge in [0.2, 0.25) is 0 Å². The summed E-state index contributed by atoms with van der Waals surface area (Å²) in [4.78, 5) is 11.7. The third kappa shape index (κ3) is 2.58. The molecule has 2 atom stereocenters. The van der Waals surface area contributed by atoms with E-state index in [1.165, 1.54) is 0 Å². The van der Waals surface area contributed by atoms with Crippen molar-refractivity contribution < 1.29 is 0 Å². The van der Waals surface area contributed by atoms with Crippen LogP contribution in [0.2, 0.25) is 0 Å². The Labute approximate surface area is 133 Å². The second-order valence-corrected chi connectivity index (χ2v) is 5.90. The maximum absolute atomic E-state index is 9.44. The van der Waals surface area contributed by atoms with Crippen LogP contribution in [0.15, 0.2) is 31.0 Å². The average Bonchev–Trinajstić information content (AvgIpc) is 3.32. The number of nitrogens with zero attached hydrogens (tertiary/aromatic N) is 5. The first-order valence-corrected chi connectivity index (χ1v) is 7.76. The van der Waals surface area contributed by atoms with Crippen molar-refractivity contribution in [3.05, 3.63) is 31.0 Å². The van der Waals surface area contributed by atoms with E-state index >= 15 is 0 Å². The lowest BCUT2D eigenvalue weighted by Gasteiger charge is -2.15. The van der Waals surface area contributed by atoms with E-state index in [1.807, 2.05) is 23.1 Å². The van der Waals surface area contributed by atoms with Crippen LogP contribution < -0.4 is 5.32 Å². The van der Waals surface area contributed by atoms with Crippen LogP contribution in [0.1, 0.15) is 6.42 Å². The van der Waals surface area contributed by atoms with Crippen molar-refractivity contribution in [2.75, 3.05) is 13.1 Å². The van der Waals surface area contributed by atoms with Gasteiger partial charge < -0.3 is 10.3 Å². The summed E-state index contributed by atoms with van der Waals surface area (Å²) in [5.41, 5.74) is 2.62. The molecule has 0 bridgehead atoms. The molecule has 0 saturated carbocycles. The van der Waals surface area contributed by atoms with E-state index in [4.69, 9.17) is 0 Å². The van der Waals surface area contributed by atoms with E-state index in [-0.39, 0.29) is 5.92 Å². The minimum absolute atomic E-state index is 0.0181. The summed E-state index contributed by atoms with van der Waals surface area (Å²) in [6.07, 6.45) is 8.22. The summed E-state index contributed by atoms with van der Waals surface area (Å²) < 4.78 is 1.85. The lowest BCUT2D eigenvalue weighted by atomic mass is 9.93. The number of rotatable bonds is 4. The van der Waals surface area contributed by atoms with Crippen LogP contribution in [-0.4, -0.2) is 37.8 Å². The van der Waals surface area contributed by atoms with Gasteiger partial charge in [0.15, 0.2) is 0 Å². The van der Waals surface area contributed by atoms with Crippen LogP contribution in [0.5, 0.6) is 0 Å². The van der Waals surface area contributed by atoms with Gasteiger partial charge in [-0.2, -0.15) is 10.4 Å². The number of nitrogens with one attached hydrogen (secondary N) is 2. The van der Waals surface area contributed by atoms with Crippen LogP contribution in [0.25, 0.3) is 22.3 Å². The van der Waals surface area contributed by atoms with Crippen LogP contribution in [0, 0.1) is 23.2 Å². The number of fused-ring (bicyclic) bond motifs is 1. The van der Waals surface area contributed by atoms with Gasteiger partial charge in [0.25, 0.3) is 0 Å². The third-order valence-electron chi connectivity index (χ3n) is 4.48. The van der Waals surface area contributed by atoms with Gasteiger partial charge in [-0.15, -0.1) is 0 Å². The Hall–Kier alpha value is -2.72. The van der Waals surface area contributed by atoms with E-state index in [0.29, 0.717) is 12.5 Å². The molecule has 4 rings (SSSR count). The molecule has 0 aliphatic carbocycles. The Morgan fingerprint density at radius 1 is 1.43 bits per heavy atom. The van der Waals surface area contributed by atoms with E-state index in [0.717, 1.165) is 41.8 Å². The SMILES string of the molecule is N#CC(Cn1cc(-c2ncnc3[nH]ccc23)cn1)C1CCNC1. The number of nitriles is 1. The zero-order valence-corrected chi connectivity index (χ0v) is 12.6. The Bertz CT molecular complexity index is 851. The molecule has 23 heavy (non-hydrogen) atoms. The Morgan fingerprint density at radius 3 is 3.22 bits per heavy atom.